The fourth-order valence-electron chi connectivity index (χ4n) is 7.41. The van der Waals surface area contributed by atoms with Gasteiger partial charge in [0.1, 0.15) is 17.5 Å². The Balaban J connectivity index is 1.35. The second-order valence-electron chi connectivity index (χ2n) is 12.9. The summed E-state index contributed by atoms with van der Waals surface area (Å²) < 4.78 is 4.47. The third-order valence-electron chi connectivity index (χ3n) is 9.67. The lowest BCUT2D eigenvalue weighted by Gasteiger charge is -2.29. The van der Waals surface area contributed by atoms with Crippen molar-refractivity contribution in [2.24, 2.45) is 4.99 Å². The van der Waals surface area contributed by atoms with Gasteiger partial charge in [0, 0.05) is 33.8 Å². The zero-order chi connectivity index (χ0) is 35.0. The number of anilines is 1. The number of hydrogen-bond acceptors (Lipinski definition) is 4. The summed E-state index contributed by atoms with van der Waals surface area (Å²) >= 11 is 0. The predicted molar refractivity (Wildman–Crippen MR) is 215 cm³/mol. The van der Waals surface area contributed by atoms with E-state index in [0.29, 0.717) is 0 Å². The molecule has 9 rings (SSSR count). The first-order valence-corrected chi connectivity index (χ1v) is 17.6. The molecule has 0 fully saturated rings. The van der Waals surface area contributed by atoms with Gasteiger partial charge >= 0.3 is 0 Å². The highest BCUT2D eigenvalue weighted by Crippen LogP contribution is 2.38. The van der Waals surface area contributed by atoms with Crippen LogP contribution in [0.3, 0.4) is 0 Å². The number of benzene rings is 5. The lowest BCUT2D eigenvalue weighted by atomic mass is 10.0. The monoisotopic (exact) mass is 672 g/mol. The topological polar surface area (TPSA) is 51.2 Å². The smallest absolute Gasteiger partial charge is 0.145 e. The van der Waals surface area contributed by atoms with Gasteiger partial charge in [-0.2, -0.15) is 0 Å². The summed E-state index contributed by atoms with van der Waals surface area (Å²) in [5, 5.41) is 0. The summed E-state index contributed by atoms with van der Waals surface area (Å²) in [4.78, 5) is 18.3. The number of aliphatic imine (C=N–C) groups is 1. The predicted octanol–water partition coefficient (Wildman–Crippen LogP) is 10.4. The van der Waals surface area contributed by atoms with Crippen LogP contribution in [0.15, 0.2) is 175 Å². The van der Waals surface area contributed by atoms with Crippen molar-refractivity contribution in [2.75, 3.05) is 4.90 Å². The molecule has 0 amide bonds. The Kier molecular flexibility index (Phi) is 7.90. The van der Waals surface area contributed by atoms with Gasteiger partial charge in [0.05, 0.1) is 34.5 Å². The van der Waals surface area contributed by atoms with E-state index >= 15 is 0 Å². The van der Waals surface area contributed by atoms with E-state index < -0.39 is 0 Å². The van der Waals surface area contributed by atoms with Crippen molar-refractivity contribution in [3.05, 3.63) is 187 Å². The summed E-state index contributed by atoms with van der Waals surface area (Å²) in [7, 11) is 0. The fraction of sp³-hybridized carbons (Fsp3) is 0.0652. The summed E-state index contributed by atoms with van der Waals surface area (Å²) in [6, 6.07) is 46.4. The molecule has 2 atom stereocenters. The number of aromatic nitrogens is 4. The Bertz CT molecular complexity index is 2550. The molecule has 6 nitrogen and oxygen atoms in total. The fourth-order valence-corrected chi connectivity index (χ4v) is 7.41. The molecule has 2 unspecified atom stereocenters. The quantitative estimate of drug-likeness (QED) is 0.161. The van der Waals surface area contributed by atoms with Crippen LogP contribution >= 0.6 is 0 Å². The van der Waals surface area contributed by atoms with Crippen LogP contribution in [-0.2, 0) is 0 Å². The van der Waals surface area contributed by atoms with Crippen LogP contribution in [0.1, 0.15) is 23.9 Å². The van der Waals surface area contributed by atoms with Crippen LogP contribution < -0.4 is 4.90 Å². The molecule has 0 radical (unpaired) electrons. The van der Waals surface area contributed by atoms with E-state index in [0.717, 1.165) is 73.7 Å². The van der Waals surface area contributed by atoms with Crippen molar-refractivity contribution in [1.82, 2.24) is 19.1 Å². The van der Waals surface area contributed by atoms with E-state index in [2.05, 4.69) is 166 Å². The average Bonchev–Trinajstić information content (AvgIpc) is 3.91. The number of imidazole rings is 2. The van der Waals surface area contributed by atoms with Crippen LogP contribution in [0.25, 0.3) is 57.3 Å². The largest absolute Gasteiger partial charge is 0.317 e. The number of para-hydroxylation sites is 5. The van der Waals surface area contributed by atoms with E-state index in [1.165, 1.54) is 0 Å². The highest BCUT2D eigenvalue weighted by molar-refractivity contribution is 6.13. The number of hydrogen-bond donors (Lipinski definition) is 0. The second kappa shape index (κ2) is 13.2. The van der Waals surface area contributed by atoms with E-state index in [-0.39, 0.29) is 12.1 Å². The van der Waals surface area contributed by atoms with Gasteiger partial charge in [-0.3, -0.25) is 14.1 Å². The third kappa shape index (κ3) is 5.33. The molecule has 0 N–H and O–H groups in total. The Labute approximate surface area is 303 Å². The van der Waals surface area contributed by atoms with Crippen LogP contribution in [0, 0.1) is 0 Å². The maximum Gasteiger partial charge on any atom is 0.145 e. The number of rotatable bonds is 8. The Morgan fingerprint density at radius 2 is 1.19 bits per heavy atom. The summed E-state index contributed by atoms with van der Waals surface area (Å²) in [5.41, 5.74) is 9.77. The highest BCUT2D eigenvalue weighted by atomic mass is 15.3. The van der Waals surface area contributed by atoms with Crippen molar-refractivity contribution in [3.8, 4) is 34.2 Å². The van der Waals surface area contributed by atoms with Crippen LogP contribution in [0.5, 0.6) is 0 Å². The Hall–Kier alpha value is -6.79. The molecular weight excluding hydrogens is 637 g/mol. The molecular formula is C46H36N6. The minimum Gasteiger partial charge on any atom is -0.317 e. The van der Waals surface area contributed by atoms with E-state index in [9.17, 15) is 0 Å². The maximum absolute atomic E-state index is 5.40. The molecule has 2 aromatic heterocycles. The number of amidine groups is 1. The normalized spacial score (nSPS) is 16.5. The standard InChI is InChI=1S/C46H36N6/c1-3-18-41-38(4-2)47-44(50(41)35-19-8-5-9-20-35)32-29-33(45-48-39-25-14-16-27-42(39)51(45)36-21-10-6-11-22-36)31-34(30-32)46-49-40-26-15-17-28-43(40)52(46)37-23-12-7-13-24-37/h3-31,39,42H,2H2,1H3/b18-3-. The minimum absolute atomic E-state index is 0.0128. The molecule has 1 aliphatic heterocycles. The van der Waals surface area contributed by atoms with Gasteiger partial charge in [-0.1, -0.05) is 104 Å². The molecule has 0 saturated carbocycles. The summed E-state index contributed by atoms with van der Waals surface area (Å²) in [6.45, 7) is 6.18. The first-order valence-electron chi connectivity index (χ1n) is 17.6. The molecule has 3 heterocycles. The minimum atomic E-state index is -0.0128. The lowest BCUT2D eigenvalue weighted by Crippen LogP contribution is -2.39. The molecule has 5 aromatic carbocycles. The number of nitrogens with zero attached hydrogens (tertiary/aromatic N) is 6. The first kappa shape index (κ1) is 31.2. The van der Waals surface area contributed by atoms with Gasteiger partial charge in [-0.25, -0.2) is 9.97 Å². The third-order valence-corrected chi connectivity index (χ3v) is 9.67. The van der Waals surface area contributed by atoms with Gasteiger partial charge in [0.15, 0.2) is 0 Å². The van der Waals surface area contributed by atoms with Crippen LogP contribution in [0.4, 0.5) is 5.69 Å². The Morgan fingerprint density at radius 3 is 1.87 bits per heavy atom. The lowest BCUT2D eigenvalue weighted by molar-refractivity contribution is 0.739. The molecule has 0 bridgehead atoms. The van der Waals surface area contributed by atoms with Gasteiger partial charge in [-0.15, -0.1) is 0 Å². The van der Waals surface area contributed by atoms with Gasteiger partial charge < -0.3 is 4.90 Å². The molecule has 0 spiro atoms. The second-order valence-corrected chi connectivity index (χ2v) is 12.9. The highest BCUT2D eigenvalue weighted by Gasteiger charge is 2.36. The van der Waals surface area contributed by atoms with E-state index in [4.69, 9.17) is 15.0 Å². The Morgan fingerprint density at radius 1 is 0.615 bits per heavy atom. The SMILES string of the molecule is C=Cc1nc(-c2cc(C3=NC4C=CC=CC4N3c3ccccc3)cc(-c3nc4ccccc4n3-c3ccccc3)c2)n(-c2ccccc2)c1/C=C\C. The molecule has 6 heteroatoms. The van der Waals surface area contributed by atoms with Crippen molar-refractivity contribution >= 4 is 34.7 Å². The van der Waals surface area contributed by atoms with E-state index in [1.54, 1.807) is 0 Å². The summed E-state index contributed by atoms with van der Waals surface area (Å²) in [5.74, 6) is 2.55. The van der Waals surface area contributed by atoms with Gasteiger partial charge in [-0.05, 0) is 85.8 Å². The molecule has 250 valence electrons. The van der Waals surface area contributed by atoms with Crippen LogP contribution in [0.2, 0.25) is 0 Å². The van der Waals surface area contributed by atoms with Crippen LogP contribution in [-0.4, -0.2) is 37.0 Å². The van der Waals surface area contributed by atoms with Crippen molar-refractivity contribution < 1.29 is 0 Å². The molecule has 2 aliphatic rings. The molecule has 0 saturated heterocycles. The van der Waals surface area contributed by atoms with E-state index in [1.807, 2.05) is 37.3 Å². The zero-order valence-electron chi connectivity index (χ0n) is 28.8. The average molecular weight is 673 g/mol. The van der Waals surface area contributed by atoms with Crippen molar-refractivity contribution in [3.63, 3.8) is 0 Å². The van der Waals surface area contributed by atoms with Gasteiger partial charge in [0.25, 0.3) is 0 Å². The van der Waals surface area contributed by atoms with Crippen molar-refractivity contribution in [2.45, 2.75) is 19.0 Å². The number of fused-ring (bicyclic) bond motifs is 2. The number of allylic oxidation sites excluding steroid dienone is 3. The summed E-state index contributed by atoms with van der Waals surface area (Å²) in [6.07, 6.45) is 14.6. The van der Waals surface area contributed by atoms with Gasteiger partial charge in [0.2, 0.25) is 0 Å². The zero-order valence-corrected chi connectivity index (χ0v) is 28.8. The maximum atomic E-state index is 5.40. The molecule has 52 heavy (non-hydrogen) atoms. The first-order chi connectivity index (χ1) is 25.7. The molecule has 1 aliphatic carbocycles. The van der Waals surface area contributed by atoms with Crippen molar-refractivity contribution in [1.29, 1.82) is 0 Å². The molecule has 7 aromatic rings.